The molecular weight excluding hydrogens is 522 g/mol. The van der Waals surface area contributed by atoms with Crippen LogP contribution in [0.25, 0.3) is 0 Å². The normalized spacial score (nSPS) is 41.8. The number of carbonyl (C=O) groups is 1. The molecule has 4 saturated carbocycles. The van der Waals surface area contributed by atoms with Crippen molar-refractivity contribution in [2.24, 2.45) is 33.6 Å². The van der Waals surface area contributed by atoms with E-state index in [1.165, 1.54) is 0 Å². The summed E-state index contributed by atoms with van der Waals surface area (Å²) < 4.78 is 16.1. The molecule has 0 bridgehead atoms. The Morgan fingerprint density at radius 3 is 2.54 bits per heavy atom. The molecule has 5 aliphatic rings. The summed E-state index contributed by atoms with van der Waals surface area (Å²) in [6.07, 6.45) is 10.00. The van der Waals surface area contributed by atoms with Crippen molar-refractivity contribution in [3.05, 3.63) is 35.4 Å². The lowest BCUT2D eigenvalue weighted by Crippen LogP contribution is -2.68. The summed E-state index contributed by atoms with van der Waals surface area (Å²) in [6, 6.07) is 5.90. The smallest absolute Gasteiger partial charge is 0.331 e. The average Bonchev–Trinajstić information content (AvgIpc) is 3.50. The van der Waals surface area contributed by atoms with Crippen LogP contribution in [0.15, 0.2) is 34.8 Å². The molecule has 41 heavy (non-hydrogen) atoms. The number of ether oxygens (including phenoxy) is 3. The first-order chi connectivity index (χ1) is 19.6. The van der Waals surface area contributed by atoms with Gasteiger partial charge in [0.15, 0.2) is 11.5 Å². The number of fused-ring (bicyclic) bond motifs is 5. The molecule has 1 aromatic carbocycles. The minimum Gasteiger partial charge on any atom is -0.493 e. The molecule has 6 rings (SSSR count). The average molecular weight is 568 g/mol. The van der Waals surface area contributed by atoms with Crippen molar-refractivity contribution in [1.82, 2.24) is 0 Å². The van der Waals surface area contributed by atoms with E-state index in [-0.39, 0.29) is 29.1 Å². The number of rotatable bonds is 7. The van der Waals surface area contributed by atoms with Gasteiger partial charge in [0.1, 0.15) is 6.61 Å². The van der Waals surface area contributed by atoms with Crippen molar-refractivity contribution in [3.8, 4) is 11.5 Å². The molecule has 1 aromatic rings. The Labute approximate surface area is 242 Å². The number of nitrogens with zero attached hydrogens (tertiary/aromatic N) is 1. The number of benzene rings is 1. The third kappa shape index (κ3) is 4.35. The largest absolute Gasteiger partial charge is 0.493 e. The summed E-state index contributed by atoms with van der Waals surface area (Å²) in [4.78, 5) is 16.8. The van der Waals surface area contributed by atoms with Crippen LogP contribution in [-0.2, 0) is 16.0 Å². The maximum Gasteiger partial charge on any atom is 0.331 e. The highest BCUT2D eigenvalue weighted by Gasteiger charge is 2.71. The van der Waals surface area contributed by atoms with Gasteiger partial charge in [-0.15, -0.1) is 0 Å². The van der Waals surface area contributed by atoms with Crippen molar-refractivity contribution in [1.29, 1.82) is 0 Å². The highest BCUT2D eigenvalue weighted by Crippen LogP contribution is 2.70. The molecule has 0 unspecified atom stereocenters. The number of hydrogen-bond acceptors (Lipinski definition) is 8. The Morgan fingerprint density at radius 1 is 1.02 bits per heavy atom. The predicted molar refractivity (Wildman–Crippen MR) is 154 cm³/mol. The fraction of sp³-hybridized carbons (Fsp3) is 0.697. The molecule has 8 nitrogen and oxygen atoms in total. The van der Waals surface area contributed by atoms with Gasteiger partial charge in [-0.3, -0.25) is 4.99 Å². The maximum absolute atomic E-state index is 12.6. The van der Waals surface area contributed by atoms with Gasteiger partial charge < -0.3 is 29.5 Å². The zero-order valence-corrected chi connectivity index (χ0v) is 24.6. The Morgan fingerprint density at radius 2 is 1.80 bits per heavy atom. The van der Waals surface area contributed by atoms with Crippen LogP contribution in [0, 0.1) is 28.6 Å². The Bertz CT molecular complexity index is 1250. The first-order valence-corrected chi connectivity index (χ1v) is 15.3. The van der Waals surface area contributed by atoms with E-state index in [9.17, 15) is 20.1 Å². The van der Waals surface area contributed by atoms with E-state index in [1.807, 2.05) is 24.4 Å². The van der Waals surface area contributed by atoms with Gasteiger partial charge in [0.05, 0.1) is 31.5 Å². The summed E-state index contributed by atoms with van der Waals surface area (Å²) in [5.41, 5.74) is -0.750. The van der Waals surface area contributed by atoms with Gasteiger partial charge in [0.25, 0.3) is 0 Å². The van der Waals surface area contributed by atoms with Gasteiger partial charge in [-0.2, -0.15) is 0 Å². The molecule has 0 spiro atoms. The number of hydrogen-bond donors (Lipinski definition) is 3. The van der Waals surface area contributed by atoms with Crippen molar-refractivity contribution in [2.45, 2.75) is 88.4 Å². The van der Waals surface area contributed by atoms with E-state index in [4.69, 9.17) is 19.2 Å². The van der Waals surface area contributed by atoms with Crippen LogP contribution in [0.2, 0.25) is 0 Å². The molecule has 4 aliphatic carbocycles. The topological polar surface area (TPSA) is 118 Å². The van der Waals surface area contributed by atoms with Crippen molar-refractivity contribution in [2.75, 3.05) is 27.4 Å². The maximum atomic E-state index is 12.6. The third-order valence-corrected chi connectivity index (χ3v) is 11.9. The molecule has 0 radical (unpaired) electrons. The van der Waals surface area contributed by atoms with Crippen LogP contribution in [0.3, 0.4) is 0 Å². The zero-order valence-electron chi connectivity index (χ0n) is 24.6. The van der Waals surface area contributed by atoms with Crippen LogP contribution >= 0.6 is 0 Å². The molecule has 224 valence electrons. The molecule has 1 aliphatic heterocycles. The van der Waals surface area contributed by atoms with Crippen LogP contribution in [-0.4, -0.2) is 72.2 Å². The lowest BCUT2D eigenvalue weighted by Gasteiger charge is -2.65. The van der Waals surface area contributed by atoms with E-state index in [2.05, 4.69) is 6.92 Å². The number of aliphatic hydroxyl groups excluding tert-OH is 1. The van der Waals surface area contributed by atoms with Gasteiger partial charge in [-0.1, -0.05) is 13.0 Å². The van der Waals surface area contributed by atoms with Gasteiger partial charge in [-0.25, -0.2) is 4.79 Å². The minimum atomic E-state index is -1.05. The van der Waals surface area contributed by atoms with E-state index in [0.29, 0.717) is 56.8 Å². The standard InChI is InChI=1S/C33H45NO7/c1-30-11-7-25-26(33(30,38)14-9-24(30)22-17-29(36)41-19-22)8-13-32(37)18-23(35)6-12-31(25,32)20-34-15-10-21-4-5-27(39-2)28(16-21)40-3/h4-5,16-17,20,23-26,35,37-38H,6-15,18-19H2,1-3H3/t23-,24+,25-,26+,30+,31-,32-,33-/m0/s1. The monoisotopic (exact) mass is 567 g/mol. The van der Waals surface area contributed by atoms with E-state index in [1.54, 1.807) is 20.3 Å². The number of methoxy groups -OCH3 is 2. The number of aliphatic imine (C=N–C) groups is 1. The first kappa shape index (κ1) is 28.7. The van der Waals surface area contributed by atoms with E-state index >= 15 is 0 Å². The summed E-state index contributed by atoms with van der Waals surface area (Å²) in [6.45, 7) is 3.11. The fourth-order valence-corrected chi connectivity index (χ4v) is 9.82. The number of esters is 1. The van der Waals surface area contributed by atoms with Gasteiger partial charge in [0, 0.05) is 36.1 Å². The second-order valence-electron chi connectivity index (χ2n) is 13.5. The molecule has 8 heteroatoms. The summed E-state index contributed by atoms with van der Waals surface area (Å²) >= 11 is 0. The molecule has 0 saturated heterocycles. The molecule has 0 aromatic heterocycles. The summed E-state index contributed by atoms with van der Waals surface area (Å²) in [7, 11) is 3.25. The quantitative estimate of drug-likeness (QED) is 0.336. The molecule has 0 amide bonds. The van der Waals surface area contributed by atoms with E-state index < -0.39 is 22.7 Å². The predicted octanol–water partition coefficient (Wildman–Crippen LogP) is 4.03. The van der Waals surface area contributed by atoms with Gasteiger partial charge in [-0.05, 0) is 98.8 Å². The van der Waals surface area contributed by atoms with E-state index in [0.717, 1.165) is 43.2 Å². The highest BCUT2D eigenvalue weighted by molar-refractivity contribution is 5.85. The van der Waals surface area contributed by atoms with Crippen molar-refractivity contribution in [3.63, 3.8) is 0 Å². The van der Waals surface area contributed by atoms with Crippen LogP contribution in [0.5, 0.6) is 11.5 Å². The lowest BCUT2D eigenvalue weighted by molar-refractivity contribution is -0.237. The number of aliphatic hydroxyl groups is 3. The molecule has 1 heterocycles. The molecule has 8 atom stereocenters. The summed E-state index contributed by atoms with van der Waals surface area (Å²) in [5, 5.41) is 35.4. The van der Waals surface area contributed by atoms with Crippen LogP contribution in [0.1, 0.15) is 70.3 Å². The first-order valence-electron chi connectivity index (χ1n) is 15.3. The van der Waals surface area contributed by atoms with Crippen LogP contribution < -0.4 is 9.47 Å². The molecular formula is C33H45NO7. The van der Waals surface area contributed by atoms with Gasteiger partial charge >= 0.3 is 5.97 Å². The number of cyclic esters (lactones) is 1. The third-order valence-electron chi connectivity index (χ3n) is 11.9. The summed E-state index contributed by atoms with van der Waals surface area (Å²) in [5.74, 6) is 1.33. The SMILES string of the molecule is COc1ccc(CCN=C[C@]23CC[C@H](O)C[C@@]2(O)CC[C@@H]2[C@@H]3CC[C@]3(C)[C@@H](C4=CC(=O)OC4)CC[C@]23O)cc1OC. The highest BCUT2D eigenvalue weighted by atomic mass is 16.5. The van der Waals surface area contributed by atoms with Crippen LogP contribution in [0.4, 0.5) is 0 Å². The minimum absolute atomic E-state index is 0.0256. The second-order valence-corrected chi connectivity index (χ2v) is 13.5. The second kappa shape index (κ2) is 10.4. The Kier molecular flexibility index (Phi) is 7.27. The Hall–Kier alpha value is -2.42. The lowest BCUT2D eigenvalue weighted by atomic mass is 9.41. The van der Waals surface area contributed by atoms with Gasteiger partial charge in [0.2, 0.25) is 0 Å². The molecule has 4 fully saturated rings. The molecule has 3 N–H and O–H groups in total. The Balaban J connectivity index is 1.27. The fourth-order valence-electron chi connectivity index (χ4n) is 9.82. The van der Waals surface area contributed by atoms with Crippen molar-refractivity contribution >= 4 is 12.2 Å². The number of carbonyl (C=O) groups excluding carboxylic acids is 1. The van der Waals surface area contributed by atoms with Crippen molar-refractivity contribution < 1.29 is 34.3 Å². The zero-order chi connectivity index (χ0) is 29.0.